The van der Waals surface area contributed by atoms with Crippen molar-refractivity contribution >= 4 is 0 Å². The predicted molar refractivity (Wildman–Crippen MR) is 67.7 cm³/mol. The van der Waals surface area contributed by atoms with E-state index in [2.05, 4.69) is 12.2 Å². The zero-order valence-corrected chi connectivity index (χ0v) is 10.6. The lowest BCUT2D eigenvalue weighted by molar-refractivity contribution is 0.137. The Morgan fingerprint density at radius 2 is 2.41 bits per heavy atom. The molecular formula is C14H23NO2. The van der Waals surface area contributed by atoms with Crippen LogP contribution in [0.5, 0.6) is 0 Å². The van der Waals surface area contributed by atoms with Crippen molar-refractivity contribution in [2.75, 3.05) is 6.54 Å². The fourth-order valence-corrected chi connectivity index (χ4v) is 2.71. The minimum atomic E-state index is -0.521. The fourth-order valence-electron chi connectivity index (χ4n) is 2.71. The number of hydrogen-bond donors (Lipinski definition) is 2. The van der Waals surface area contributed by atoms with Gasteiger partial charge < -0.3 is 14.8 Å². The summed E-state index contributed by atoms with van der Waals surface area (Å²) in [5, 5.41) is 13.4. The van der Waals surface area contributed by atoms with Crippen molar-refractivity contribution in [3.05, 3.63) is 24.2 Å². The average molecular weight is 237 g/mol. The molecule has 1 heterocycles. The van der Waals surface area contributed by atoms with Crippen molar-refractivity contribution < 1.29 is 9.52 Å². The summed E-state index contributed by atoms with van der Waals surface area (Å²) in [5.41, 5.74) is 0. The van der Waals surface area contributed by atoms with Gasteiger partial charge in [-0.05, 0) is 30.9 Å². The van der Waals surface area contributed by atoms with E-state index in [1.807, 2.05) is 12.1 Å². The Hall–Kier alpha value is -0.800. The highest BCUT2D eigenvalue weighted by Gasteiger charge is 2.21. The Labute approximate surface area is 103 Å². The van der Waals surface area contributed by atoms with Gasteiger partial charge in [-0.15, -0.1) is 0 Å². The molecule has 3 heteroatoms. The van der Waals surface area contributed by atoms with Gasteiger partial charge in [0.05, 0.1) is 6.26 Å². The van der Waals surface area contributed by atoms with Crippen molar-refractivity contribution in [1.29, 1.82) is 0 Å². The lowest BCUT2D eigenvalue weighted by Crippen LogP contribution is -2.36. The summed E-state index contributed by atoms with van der Waals surface area (Å²) in [5.74, 6) is 1.52. The van der Waals surface area contributed by atoms with Crippen molar-refractivity contribution in [3.63, 3.8) is 0 Å². The first-order chi connectivity index (χ1) is 8.29. The average Bonchev–Trinajstić information content (AvgIpc) is 2.90. The summed E-state index contributed by atoms with van der Waals surface area (Å²) >= 11 is 0. The van der Waals surface area contributed by atoms with E-state index in [9.17, 15) is 5.11 Å². The molecule has 2 N–H and O–H groups in total. The van der Waals surface area contributed by atoms with Gasteiger partial charge in [0.25, 0.3) is 0 Å². The molecule has 1 fully saturated rings. The molecule has 0 radical (unpaired) electrons. The SMILES string of the molecule is CCC1CCCC(NCC(O)c2ccco2)C1. The van der Waals surface area contributed by atoms with Crippen LogP contribution < -0.4 is 5.32 Å². The first-order valence-corrected chi connectivity index (χ1v) is 6.74. The van der Waals surface area contributed by atoms with Crippen LogP contribution in [0.25, 0.3) is 0 Å². The maximum absolute atomic E-state index is 9.91. The van der Waals surface area contributed by atoms with E-state index in [0.29, 0.717) is 18.3 Å². The van der Waals surface area contributed by atoms with Crippen molar-refractivity contribution in [3.8, 4) is 0 Å². The van der Waals surface area contributed by atoms with Gasteiger partial charge in [-0.1, -0.05) is 26.2 Å². The van der Waals surface area contributed by atoms with Crippen LogP contribution in [0.2, 0.25) is 0 Å². The largest absolute Gasteiger partial charge is 0.467 e. The first kappa shape index (κ1) is 12.7. The Kier molecular flexibility index (Phi) is 4.63. The van der Waals surface area contributed by atoms with Gasteiger partial charge in [0.15, 0.2) is 0 Å². The van der Waals surface area contributed by atoms with Gasteiger partial charge in [-0.3, -0.25) is 0 Å². The summed E-state index contributed by atoms with van der Waals surface area (Å²) in [6.07, 6.45) is 7.53. The van der Waals surface area contributed by atoms with Crippen LogP contribution in [-0.2, 0) is 0 Å². The zero-order chi connectivity index (χ0) is 12.1. The van der Waals surface area contributed by atoms with Gasteiger partial charge in [0, 0.05) is 12.6 Å². The lowest BCUT2D eigenvalue weighted by atomic mass is 9.84. The molecule has 3 nitrogen and oxygen atoms in total. The molecule has 1 saturated carbocycles. The van der Waals surface area contributed by atoms with Gasteiger partial charge >= 0.3 is 0 Å². The number of nitrogens with one attached hydrogen (secondary N) is 1. The zero-order valence-electron chi connectivity index (χ0n) is 10.6. The van der Waals surface area contributed by atoms with Crippen LogP contribution in [0.3, 0.4) is 0 Å². The minimum absolute atomic E-state index is 0.521. The van der Waals surface area contributed by atoms with Crippen LogP contribution in [-0.4, -0.2) is 17.7 Å². The van der Waals surface area contributed by atoms with E-state index in [1.54, 1.807) is 6.26 Å². The Morgan fingerprint density at radius 3 is 3.12 bits per heavy atom. The summed E-state index contributed by atoms with van der Waals surface area (Å²) in [6.45, 7) is 2.86. The van der Waals surface area contributed by atoms with Crippen molar-refractivity contribution in [2.24, 2.45) is 5.92 Å². The van der Waals surface area contributed by atoms with Crippen LogP contribution in [0, 0.1) is 5.92 Å². The normalized spacial score (nSPS) is 26.9. The van der Waals surface area contributed by atoms with Crippen LogP contribution in [0.4, 0.5) is 0 Å². The summed E-state index contributed by atoms with van der Waals surface area (Å²) in [6, 6.07) is 4.20. The molecule has 1 aromatic rings. The number of aliphatic hydroxyl groups is 1. The van der Waals surface area contributed by atoms with Crippen LogP contribution in [0.1, 0.15) is 50.9 Å². The monoisotopic (exact) mass is 237 g/mol. The van der Waals surface area contributed by atoms with Crippen LogP contribution in [0.15, 0.2) is 22.8 Å². The highest BCUT2D eigenvalue weighted by atomic mass is 16.4. The highest BCUT2D eigenvalue weighted by molar-refractivity contribution is 5.02. The van der Waals surface area contributed by atoms with Crippen molar-refractivity contribution in [2.45, 2.75) is 51.2 Å². The summed E-state index contributed by atoms with van der Waals surface area (Å²) in [4.78, 5) is 0. The smallest absolute Gasteiger partial charge is 0.133 e. The molecule has 0 aromatic carbocycles. The third-order valence-corrected chi connectivity index (χ3v) is 3.83. The molecule has 0 amide bonds. The lowest BCUT2D eigenvalue weighted by Gasteiger charge is -2.29. The summed E-state index contributed by atoms with van der Waals surface area (Å²) < 4.78 is 5.19. The van der Waals surface area contributed by atoms with E-state index in [4.69, 9.17) is 4.42 Å². The Balaban J connectivity index is 1.74. The van der Waals surface area contributed by atoms with Crippen LogP contribution >= 0.6 is 0 Å². The first-order valence-electron chi connectivity index (χ1n) is 6.74. The Bertz CT molecular complexity index is 310. The molecule has 2 rings (SSSR count). The van der Waals surface area contributed by atoms with Gasteiger partial charge in [0.2, 0.25) is 0 Å². The van der Waals surface area contributed by atoms with E-state index in [0.717, 1.165) is 5.92 Å². The third-order valence-electron chi connectivity index (χ3n) is 3.83. The topological polar surface area (TPSA) is 45.4 Å². The second-order valence-corrected chi connectivity index (χ2v) is 5.08. The number of aliphatic hydroxyl groups excluding tert-OH is 1. The second kappa shape index (κ2) is 6.22. The summed E-state index contributed by atoms with van der Waals surface area (Å²) in [7, 11) is 0. The number of rotatable bonds is 5. The predicted octanol–water partition coefficient (Wildman–Crippen LogP) is 2.87. The van der Waals surface area contributed by atoms with Gasteiger partial charge in [-0.2, -0.15) is 0 Å². The highest BCUT2D eigenvalue weighted by Crippen LogP contribution is 2.26. The molecule has 0 bridgehead atoms. The standard InChI is InChI=1S/C14H23NO2/c1-2-11-5-3-6-12(9-11)15-10-13(16)14-7-4-8-17-14/h4,7-8,11-13,15-16H,2-3,5-6,9-10H2,1H3. The van der Waals surface area contributed by atoms with Gasteiger partial charge in [0.1, 0.15) is 11.9 Å². The maximum Gasteiger partial charge on any atom is 0.133 e. The van der Waals surface area contributed by atoms with Crippen molar-refractivity contribution in [1.82, 2.24) is 5.32 Å². The molecule has 1 aliphatic rings. The molecule has 0 saturated heterocycles. The van der Waals surface area contributed by atoms with Gasteiger partial charge in [-0.25, -0.2) is 0 Å². The number of furan rings is 1. The van der Waals surface area contributed by atoms with E-state index >= 15 is 0 Å². The third kappa shape index (κ3) is 3.58. The second-order valence-electron chi connectivity index (χ2n) is 5.08. The molecule has 1 aromatic heterocycles. The molecule has 17 heavy (non-hydrogen) atoms. The molecule has 0 spiro atoms. The molecule has 3 unspecified atom stereocenters. The Morgan fingerprint density at radius 1 is 1.53 bits per heavy atom. The van der Waals surface area contributed by atoms with E-state index < -0.39 is 6.10 Å². The molecule has 1 aliphatic carbocycles. The molecule has 0 aliphatic heterocycles. The molecular weight excluding hydrogens is 214 g/mol. The molecule has 3 atom stereocenters. The quantitative estimate of drug-likeness (QED) is 0.827. The fraction of sp³-hybridized carbons (Fsp3) is 0.714. The maximum atomic E-state index is 9.91. The van der Waals surface area contributed by atoms with E-state index in [1.165, 1.54) is 32.1 Å². The number of hydrogen-bond acceptors (Lipinski definition) is 3. The van der Waals surface area contributed by atoms with E-state index in [-0.39, 0.29) is 0 Å². The minimum Gasteiger partial charge on any atom is -0.467 e. The molecule has 96 valence electrons.